The van der Waals surface area contributed by atoms with Crippen molar-refractivity contribution in [3.05, 3.63) is 28.2 Å². The lowest BCUT2D eigenvalue weighted by atomic mass is 9.63. The number of benzene rings is 1. The van der Waals surface area contributed by atoms with E-state index in [-0.39, 0.29) is 0 Å². The van der Waals surface area contributed by atoms with Crippen LogP contribution in [-0.2, 0) is 0 Å². The van der Waals surface area contributed by atoms with Gasteiger partial charge in [0.15, 0.2) is 0 Å². The zero-order valence-corrected chi connectivity index (χ0v) is 13.7. The molecule has 1 aliphatic rings. The summed E-state index contributed by atoms with van der Waals surface area (Å²) >= 11 is 12.3. The van der Waals surface area contributed by atoms with Gasteiger partial charge in [0.2, 0.25) is 0 Å². The topological polar surface area (TPSA) is 12.0 Å². The van der Waals surface area contributed by atoms with Crippen LogP contribution in [0.25, 0.3) is 0 Å². The standard InChI is InChI=1S/C16H23Cl2N/c1-15(2)8-11(9-16(3,4)10-15)19-13-7-5-6-12(17)14(13)18/h5-7,11,19H,8-10H2,1-4H3. The fourth-order valence-corrected chi connectivity index (χ4v) is 4.14. The molecule has 1 nitrogen and oxygen atoms in total. The molecule has 106 valence electrons. The number of nitrogens with one attached hydrogen (secondary N) is 1. The first-order chi connectivity index (χ1) is 8.69. The first-order valence-corrected chi connectivity index (χ1v) is 7.65. The van der Waals surface area contributed by atoms with Crippen LogP contribution in [0.1, 0.15) is 47.0 Å². The van der Waals surface area contributed by atoms with Crippen molar-refractivity contribution < 1.29 is 0 Å². The summed E-state index contributed by atoms with van der Waals surface area (Å²) in [7, 11) is 0. The van der Waals surface area contributed by atoms with E-state index in [4.69, 9.17) is 23.2 Å². The molecule has 0 aliphatic heterocycles. The van der Waals surface area contributed by atoms with Crippen molar-refractivity contribution in [1.82, 2.24) is 0 Å². The molecule has 0 atom stereocenters. The molecule has 1 aliphatic carbocycles. The van der Waals surface area contributed by atoms with Crippen molar-refractivity contribution in [1.29, 1.82) is 0 Å². The summed E-state index contributed by atoms with van der Waals surface area (Å²) in [5.74, 6) is 0. The molecule has 1 N–H and O–H groups in total. The van der Waals surface area contributed by atoms with E-state index in [1.165, 1.54) is 19.3 Å². The molecular weight excluding hydrogens is 277 g/mol. The van der Waals surface area contributed by atoms with Crippen LogP contribution in [0, 0.1) is 10.8 Å². The van der Waals surface area contributed by atoms with E-state index in [1.807, 2.05) is 18.2 Å². The van der Waals surface area contributed by atoms with Crippen LogP contribution in [0.5, 0.6) is 0 Å². The molecule has 1 aromatic carbocycles. The lowest BCUT2D eigenvalue weighted by Gasteiger charge is -2.45. The maximum absolute atomic E-state index is 6.26. The lowest BCUT2D eigenvalue weighted by Crippen LogP contribution is -2.40. The van der Waals surface area contributed by atoms with Gasteiger partial charge in [-0.05, 0) is 42.2 Å². The average Bonchev–Trinajstić information content (AvgIpc) is 2.20. The van der Waals surface area contributed by atoms with Gasteiger partial charge in [0, 0.05) is 6.04 Å². The van der Waals surface area contributed by atoms with E-state index >= 15 is 0 Å². The van der Waals surface area contributed by atoms with Crippen LogP contribution in [0.4, 0.5) is 5.69 Å². The highest BCUT2D eigenvalue weighted by molar-refractivity contribution is 6.43. The Balaban J connectivity index is 2.16. The minimum atomic E-state index is 0.366. The Morgan fingerprint density at radius 3 is 2.21 bits per heavy atom. The summed E-state index contributed by atoms with van der Waals surface area (Å²) in [5, 5.41) is 4.83. The molecule has 0 radical (unpaired) electrons. The third kappa shape index (κ3) is 3.79. The number of rotatable bonds is 2. The molecule has 0 amide bonds. The Labute approximate surface area is 126 Å². The van der Waals surface area contributed by atoms with Crippen LogP contribution in [0.15, 0.2) is 18.2 Å². The van der Waals surface area contributed by atoms with Crippen molar-refractivity contribution >= 4 is 28.9 Å². The van der Waals surface area contributed by atoms with Gasteiger partial charge in [0.05, 0.1) is 15.7 Å². The first kappa shape index (κ1) is 15.0. The van der Waals surface area contributed by atoms with E-state index in [2.05, 4.69) is 33.0 Å². The highest BCUT2D eigenvalue weighted by Gasteiger charge is 2.38. The van der Waals surface area contributed by atoms with Gasteiger partial charge >= 0.3 is 0 Å². The summed E-state index contributed by atoms with van der Waals surface area (Å²) in [6, 6.07) is 6.22. The van der Waals surface area contributed by atoms with Gasteiger partial charge in [-0.2, -0.15) is 0 Å². The van der Waals surface area contributed by atoms with Crippen LogP contribution in [0.3, 0.4) is 0 Å². The summed E-state index contributed by atoms with van der Waals surface area (Å²) < 4.78 is 0. The van der Waals surface area contributed by atoms with Crippen molar-refractivity contribution in [2.24, 2.45) is 10.8 Å². The molecule has 1 aromatic rings. The van der Waals surface area contributed by atoms with Crippen LogP contribution in [0.2, 0.25) is 10.0 Å². The Kier molecular flexibility index (Phi) is 4.09. The third-order valence-corrected chi connectivity index (χ3v) is 4.69. The highest BCUT2D eigenvalue weighted by Crippen LogP contribution is 2.46. The highest BCUT2D eigenvalue weighted by atomic mass is 35.5. The molecule has 19 heavy (non-hydrogen) atoms. The second-order valence-electron chi connectivity index (χ2n) is 7.36. The molecule has 0 heterocycles. The summed E-state index contributed by atoms with van der Waals surface area (Å²) in [5.41, 5.74) is 1.68. The molecule has 1 saturated carbocycles. The molecule has 0 aromatic heterocycles. The van der Waals surface area contributed by atoms with E-state index in [0.717, 1.165) is 5.69 Å². The first-order valence-electron chi connectivity index (χ1n) is 6.89. The molecule has 1 fully saturated rings. The molecular formula is C16H23Cl2N. The molecule has 0 unspecified atom stereocenters. The van der Waals surface area contributed by atoms with E-state index in [9.17, 15) is 0 Å². The molecule has 2 rings (SSSR count). The minimum absolute atomic E-state index is 0.366. The van der Waals surface area contributed by atoms with Crippen molar-refractivity contribution in [2.45, 2.75) is 53.0 Å². The largest absolute Gasteiger partial charge is 0.381 e. The maximum atomic E-state index is 6.26. The Morgan fingerprint density at radius 2 is 1.63 bits per heavy atom. The van der Waals surface area contributed by atoms with Crippen molar-refractivity contribution in [2.75, 3.05) is 5.32 Å². The smallest absolute Gasteiger partial charge is 0.0823 e. The van der Waals surface area contributed by atoms with Gasteiger partial charge in [-0.25, -0.2) is 0 Å². The van der Waals surface area contributed by atoms with Crippen molar-refractivity contribution in [3.8, 4) is 0 Å². The maximum Gasteiger partial charge on any atom is 0.0823 e. The zero-order valence-electron chi connectivity index (χ0n) is 12.2. The lowest BCUT2D eigenvalue weighted by molar-refractivity contribution is 0.105. The predicted octanol–water partition coefficient (Wildman–Crippen LogP) is 6.01. The van der Waals surface area contributed by atoms with Gasteiger partial charge in [-0.1, -0.05) is 57.0 Å². The number of hydrogen-bond donors (Lipinski definition) is 1. The Bertz CT molecular complexity index is 450. The molecule has 0 bridgehead atoms. The van der Waals surface area contributed by atoms with Gasteiger partial charge in [0.1, 0.15) is 0 Å². The van der Waals surface area contributed by atoms with Gasteiger partial charge in [-0.3, -0.25) is 0 Å². The number of anilines is 1. The van der Waals surface area contributed by atoms with Gasteiger partial charge < -0.3 is 5.32 Å². The normalized spacial score (nSPS) is 22.2. The monoisotopic (exact) mass is 299 g/mol. The number of hydrogen-bond acceptors (Lipinski definition) is 1. The van der Waals surface area contributed by atoms with E-state index < -0.39 is 0 Å². The second-order valence-corrected chi connectivity index (χ2v) is 8.14. The van der Waals surface area contributed by atoms with Crippen LogP contribution >= 0.6 is 23.2 Å². The molecule has 0 saturated heterocycles. The van der Waals surface area contributed by atoms with E-state index in [0.29, 0.717) is 26.9 Å². The summed E-state index contributed by atoms with van der Waals surface area (Å²) in [6.07, 6.45) is 3.60. The fourth-order valence-electron chi connectivity index (χ4n) is 3.78. The van der Waals surface area contributed by atoms with Crippen molar-refractivity contribution in [3.63, 3.8) is 0 Å². The average molecular weight is 300 g/mol. The molecule has 0 spiro atoms. The van der Waals surface area contributed by atoms with Crippen LogP contribution < -0.4 is 5.32 Å². The van der Waals surface area contributed by atoms with Gasteiger partial charge in [-0.15, -0.1) is 0 Å². The SMILES string of the molecule is CC1(C)CC(Nc2cccc(Cl)c2Cl)CC(C)(C)C1. The summed E-state index contributed by atoms with van der Waals surface area (Å²) in [4.78, 5) is 0. The minimum Gasteiger partial charge on any atom is -0.381 e. The van der Waals surface area contributed by atoms with Crippen LogP contribution in [-0.4, -0.2) is 6.04 Å². The fraction of sp³-hybridized carbons (Fsp3) is 0.625. The van der Waals surface area contributed by atoms with E-state index in [1.54, 1.807) is 0 Å². The quantitative estimate of drug-likeness (QED) is 0.705. The Hall–Kier alpha value is -0.400. The molecule has 3 heteroatoms. The second kappa shape index (κ2) is 5.18. The third-order valence-electron chi connectivity index (χ3n) is 3.87. The summed E-state index contributed by atoms with van der Waals surface area (Å²) in [6.45, 7) is 9.40. The predicted molar refractivity (Wildman–Crippen MR) is 85.3 cm³/mol. The van der Waals surface area contributed by atoms with Gasteiger partial charge in [0.25, 0.3) is 0 Å². The number of halogens is 2. The zero-order chi connectivity index (χ0) is 14.3. The Morgan fingerprint density at radius 1 is 1.05 bits per heavy atom.